The Morgan fingerprint density at radius 3 is 2.27 bits per heavy atom. The minimum atomic E-state index is -1.01. The quantitative estimate of drug-likeness (QED) is 0.410. The van der Waals surface area contributed by atoms with Crippen molar-refractivity contribution in [1.29, 1.82) is 0 Å². The van der Waals surface area contributed by atoms with Crippen molar-refractivity contribution in [2.45, 2.75) is 6.10 Å². The molecule has 0 aliphatic carbocycles. The van der Waals surface area contributed by atoms with Crippen molar-refractivity contribution in [3.8, 4) is 0 Å². The van der Waals surface area contributed by atoms with E-state index >= 15 is 0 Å². The average Bonchev–Trinajstić information content (AvgIpc) is 2.26. The molecule has 0 amide bonds. The highest BCUT2D eigenvalue weighted by atomic mass is 16.6. The van der Waals surface area contributed by atoms with Gasteiger partial charge < -0.3 is 4.74 Å². The molecule has 1 rings (SSSR count). The Hall–Kier alpha value is -2.24. The van der Waals surface area contributed by atoms with Crippen LogP contribution in [0.25, 0.3) is 0 Å². The molecule has 78 valence electrons. The number of rotatable bonds is 5. The molecular weight excluding hydrogens is 202 g/mol. The topological polar surface area (TPSA) is 86.5 Å². The van der Waals surface area contributed by atoms with Crippen LogP contribution in [-0.2, 0) is 14.3 Å². The Kier molecular flexibility index (Phi) is 3.50. The fourth-order valence-corrected chi connectivity index (χ4v) is 1.03. The van der Waals surface area contributed by atoms with Crippen LogP contribution in [0.1, 0.15) is 11.7 Å². The molecule has 0 radical (unpaired) electrons. The molecular formula is C9H7NO5. The van der Waals surface area contributed by atoms with E-state index in [1.54, 1.807) is 0 Å². The van der Waals surface area contributed by atoms with E-state index in [0.717, 1.165) is 0 Å². The van der Waals surface area contributed by atoms with Crippen LogP contribution in [-0.4, -0.2) is 17.7 Å². The number of nitro groups is 1. The van der Waals surface area contributed by atoms with Crippen LogP contribution in [0.3, 0.4) is 0 Å². The molecule has 0 N–H and O–H groups in total. The van der Waals surface area contributed by atoms with Crippen LogP contribution in [0.4, 0.5) is 5.69 Å². The Bertz CT molecular complexity index is 373. The van der Waals surface area contributed by atoms with Gasteiger partial charge in [0.2, 0.25) is 0 Å². The predicted octanol–water partition coefficient (Wildman–Crippen LogP) is 1.01. The van der Waals surface area contributed by atoms with Gasteiger partial charge in [0.05, 0.1) is 4.92 Å². The minimum absolute atomic E-state index is 0.0884. The number of nitrogens with zero attached hydrogens (tertiary/aromatic N) is 1. The molecule has 1 aromatic carbocycles. The highest BCUT2D eigenvalue weighted by Gasteiger charge is 2.12. The van der Waals surface area contributed by atoms with E-state index in [9.17, 15) is 19.7 Å². The molecule has 0 aliphatic rings. The van der Waals surface area contributed by atoms with Gasteiger partial charge in [-0.25, -0.2) is 0 Å². The molecule has 1 aromatic rings. The Morgan fingerprint density at radius 2 is 1.87 bits per heavy atom. The largest absolute Gasteiger partial charge is 0.452 e. The molecule has 15 heavy (non-hydrogen) atoms. The zero-order valence-electron chi connectivity index (χ0n) is 7.53. The van der Waals surface area contributed by atoms with E-state index in [-0.39, 0.29) is 12.2 Å². The summed E-state index contributed by atoms with van der Waals surface area (Å²) in [6.07, 6.45) is -0.571. The third kappa shape index (κ3) is 2.60. The molecule has 0 bridgehead atoms. The van der Waals surface area contributed by atoms with Crippen LogP contribution >= 0.6 is 0 Å². The van der Waals surface area contributed by atoms with E-state index in [1.165, 1.54) is 24.3 Å². The molecule has 1 unspecified atom stereocenters. The number of non-ortho nitro benzene ring substituents is 1. The maximum Gasteiger partial charge on any atom is 0.294 e. The van der Waals surface area contributed by atoms with E-state index in [4.69, 9.17) is 0 Å². The fraction of sp³-hybridized carbons (Fsp3) is 0.111. The van der Waals surface area contributed by atoms with Gasteiger partial charge in [-0.05, 0) is 12.1 Å². The molecule has 0 aromatic heterocycles. The number of aldehydes is 1. The number of nitro benzene ring substituents is 1. The number of ether oxygens (including phenoxy) is 1. The first-order valence-corrected chi connectivity index (χ1v) is 3.97. The van der Waals surface area contributed by atoms with Crippen molar-refractivity contribution in [1.82, 2.24) is 0 Å². The fourth-order valence-electron chi connectivity index (χ4n) is 1.03. The summed E-state index contributed by atoms with van der Waals surface area (Å²) in [5, 5.41) is 10.3. The number of benzene rings is 1. The first-order chi connectivity index (χ1) is 7.19. The van der Waals surface area contributed by atoms with Crippen molar-refractivity contribution in [2.24, 2.45) is 0 Å². The Balaban J connectivity index is 2.91. The van der Waals surface area contributed by atoms with Crippen LogP contribution < -0.4 is 0 Å². The molecule has 0 saturated heterocycles. The number of carbonyl (C=O) groups excluding carboxylic acids is 2. The van der Waals surface area contributed by atoms with Crippen molar-refractivity contribution in [3.05, 3.63) is 39.9 Å². The highest BCUT2D eigenvalue weighted by molar-refractivity contribution is 5.62. The van der Waals surface area contributed by atoms with Gasteiger partial charge in [0.25, 0.3) is 12.2 Å². The predicted molar refractivity (Wildman–Crippen MR) is 49.1 cm³/mol. The molecule has 6 nitrogen and oxygen atoms in total. The van der Waals surface area contributed by atoms with Crippen molar-refractivity contribution >= 4 is 18.4 Å². The third-order valence-electron chi connectivity index (χ3n) is 1.76. The van der Waals surface area contributed by atoms with Gasteiger partial charge in [-0.15, -0.1) is 0 Å². The van der Waals surface area contributed by atoms with Gasteiger partial charge in [0.1, 0.15) is 0 Å². The summed E-state index contributed by atoms with van der Waals surface area (Å²) in [6, 6.07) is 5.20. The van der Waals surface area contributed by atoms with Crippen LogP contribution in [0.5, 0.6) is 0 Å². The number of hydrogen-bond acceptors (Lipinski definition) is 5. The smallest absolute Gasteiger partial charge is 0.294 e. The van der Waals surface area contributed by atoms with Crippen LogP contribution in [0.15, 0.2) is 24.3 Å². The molecule has 0 heterocycles. The monoisotopic (exact) mass is 209 g/mol. The second-order valence-corrected chi connectivity index (χ2v) is 2.64. The summed E-state index contributed by atoms with van der Waals surface area (Å²) < 4.78 is 4.46. The Labute approximate surface area is 84.6 Å². The molecule has 0 aliphatic heterocycles. The average molecular weight is 209 g/mol. The zero-order valence-corrected chi connectivity index (χ0v) is 7.53. The lowest BCUT2D eigenvalue weighted by Gasteiger charge is -2.07. The van der Waals surface area contributed by atoms with Crippen molar-refractivity contribution < 1.29 is 19.2 Å². The van der Waals surface area contributed by atoms with E-state index in [1.807, 2.05) is 0 Å². The van der Waals surface area contributed by atoms with E-state index in [0.29, 0.717) is 11.8 Å². The molecule has 1 atom stereocenters. The number of carbonyl (C=O) groups is 2. The summed E-state index contributed by atoms with van der Waals surface area (Å²) >= 11 is 0. The summed E-state index contributed by atoms with van der Waals surface area (Å²) in [4.78, 5) is 30.3. The summed E-state index contributed by atoms with van der Waals surface area (Å²) in [5.41, 5.74) is 0.303. The molecule has 6 heteroatoms. The first-order valence-electron chi connectivity index (χ1n) is 3.97. The highest BCUT2D eigenvalue weighted by Crippen LogP contribution is 2.18. The van der Waals surface area contributed by atoms with Crippen molar-refractivity contribution in [3.63, 3.8) is 0 Å². The van der Waals surface area contributed by atoms with E-state index in [2.05, 4.69) is 4.74 Å². The van der Waals surface area contributed by atoms with Crippen LogP contribution in [0.2, 0.25) is 0 Å². The second kappa shape index (κ2) is 4.85. The molecule has 0 fully saturated rings. The lowest BCUT2D eigenvalue weighted by Crippen LogP contribution is -2.04. The van der Waals surface area contributed by atoms with Crippen LogP contribution in [0, 0.1) is 10.1 Å². The van der Waals surface area contributed by atoms with Gasteiger partial charge in [-0.3, -0.25) is 19.7 Å². The summed E-state index contributed by atoms with van der Waals surface area (Å²) in [6.45, 7) is 0.153. The zero-order chi connectivity index (χ0) is 11.3. The normalized spacial score (nSPS) is 11.5. The standard InChI is InChI=1S/C9H7NO5/c11-5-9(15-6-12)7-1-3-8(4-2-7)10(13)14/h1-6,9H. The Morgan fingerprint density at radius 1 is 1.27 bits per heavy atom. The minimum Gasteiger partial charge on any atom is -0.452 e. The van der Waals surface area contributed by atoms with Gasteiger partial charge in [0.15, 0.2) is 12.4 Å². The molecule has 0 saturated carbocycles. The SMILES string of the molecule is O=COC(C=O)c1ccc([N+](=O)[O-])cc1. The third-order valence-corrected chi connectivity index (χ3v) is 1.76. The van der Waals surface area contributed by atoms with Gasteiger partial charge >= 0.3 is 0 Å². The maximum atomic E-state index is 10.5. The van der Waals surface area contributed by atoms with Gasteiger partial charge in [-0.2, -0.15) is 0 Å². The molecule has 0 spiro atoms. The lowest BCUT2D eigenvalue weighted by atomic mass is 10.1. The lowest BCUT2D eigenvalue weighted by molar-refractivity contribution is -0.384. The summed E-state index contributed by atoms with van der Waals surface area (Å²) in [5.74, 6) is 0. The maximum absolute atomic E-state index is 10.5. The second-order valence-electron chi connectivity index (χ2n) is 2.64. The van der Waals surface area contributed by atoms with E-state index < -0.39 is 11.0 Å². The number of hydrogen-bond donors (Lipinski definition) is 0. The van der Waals surface area contributed by atoms with Gasteiger partial charge in [-0.1, -0.05) is 0 Å². The van der Waals surface area contributed by atoms with Crippen molar-refractivity contribution in [2.75, 3.05) is 0 Å². The first kappa shape index (κ1) is 10.8. The van der Waals surface area contributed by atoms with Gasteiger partial charge in [0, 0.05) is 17.7 Å². The summed E-state index contributed by atoms with van der Waals surface area (Å²) in [7, 11) is 0.